The van der Waals surface area contributed by atoms with Gasteiger partial charge in [-0.2, -0.15) is 5.26 Å². The number of nitrogens with zero attached hydrogens (tertiary/aromatic N) is 2. The molecule has 0 spiro atoms. The Bertz CT molecular complexity index is 599. The number of amides is 1. The van der Waals surface area contributed by atoms with E-state index in [9.17, 15) is 15.2 Å². The molecule has 4 heteroatoms. The highest BCUT2D eigenvalue weighted by atomic mass is 16.3. The minimum Gasteiger partial charge on any atom is -0.393 e. The van der Waals surface area contributed by atoms with Gasteiger partial charge in [-0.15, -0.1) is 0 Å². The van der Waals surface area contributed by atoms with Gasteiger partial charge in [0.2, 0.25) is 0 Å². The van der Waals surface area contributed by atoms with Crippen LogP contribution in [0.1, 0.15) is 48.0 Å². The summed E-state index contributed by atoms with van der Waals surface area (Å²) in [6.45, 7) is 0.601. The molecule has 4 nitrogen and oxygen atoms in total. The predicted octanol–water partition coefficient (Wildman–Crippen LogP) is 2.47. The number of aliphatic hydroxyl groups excluding tert-OH is 1. The first kappa shape index (κ1) is 15.1. The third-order valence-corrected chi connectivity index (χ3v) is 5.12. The summed E-state index contributed by atoms with van der Waals surface area (Å²) in [6.07, 6.45) is 4.42. The molecule has 0 aliphatic heterocycles. The number of hydrogen-bond acceptors (Lipinski definition) is 3. The zero-order valence-electron chi connectivity index (χ0n) is 13.0. The van der Waals surface area contributed by atoms with Crippen molar-refractivity contribution >= 4 is 5.91 Å². The first-order valence-corrected chi connectivity index (χ1v) is 8.01. The Morgan fingerprint density at radius 1 is 1.36 bits per heavy atom. The lowest BCUT2D eigenvalue weighted by Crippen LogP contribution is -2.34. The van der Waals surface area contributed by atoms with Crippen molar-refractivity contribution in [2.24, 2.45) is 5.92 Å². The molecule has 0 aromatic heterocycles. The van der Waals surface area contributed by atoms with Crippen molar-refractivity contribution in [1.29, 1.82) is 5.26 Å². The van der Waals surface area contributed by atoms with Crippen molar-refractivity contribution in [3.8, 4) is 6.07 Å². The number of benzene rings is 1. The van der Waals surface area contributed by atoms with Gasteiger partial charge in [0.15, 0.2) is 0 Å². The Morgan fingerprint density at radius 2 is 2.05 bits per heavy atom. The molecule has 2 saturated carbocycles. The minimum absolute atomic E-state index is 0.0209. The van der Waals surface area contributed by atoms with Crippen LogP contribution in [0.4, 0.5) is 0 Å². The molecule has 2 aliphatic carbocycles. The molecular weight excluding hydrogens is 276 g/mol. The van der Waals surface area contributed by atoms with E-state index >= 15 is 0 Å². The van der Waals surface area contributed by atoms with Crippen molar-refractivity contribution in [2.75, 3.05) is 13.6 Å². The van der Waals surface area contributed by atoms with E-state index in [-0.39, 0.29) is 23.3 Å². The highest BCUT2D eigenvalue weighted by Gasteiger charge is 2.44. The van der Waals surface area contributed by atoms with Gasteiger partial charge in [-0.25, -0.2) is 0 Å². The van der Waals surface area contributed by atoms with E-state index in [0.717, 1.165) is 37.7 Å². The number of hydrogen-bond donors (Lipinski definition) is 1. The van der Waals surface area contributed by atoms with Gasteiger partial charge in [-0.3, -0.25) is 4.79 Å². The minimum atomic E-state index is -0.304. The van der Waals surface area contributed by atoms with E-state index in [1.807, 2.05) is 24.3 Å². The molecule has 22 heavy (non-hydrogen) atoms. The van der Waals surface area contributed by atoms with Crippen LogP contribution in [-0.4, -0.2) is 35.6 Å². The van der Waals surface area contributed by atoms with Crippen LogP contribution in [-0.2, 0) is 5.41 Å². The third-order valence-electron chi connectivity index (χ3n) is 5.12. The van der Waals surface area contributed by atoms with Gasteiger partial charge >= 0.3 is 0 Å². The Hall–Kier alpha value is -1.86. The van der Waals surface area contributed by atoms with Crippen molar-refractivity contribution in [1.82, 2.24) is 4.90 Å². The standard InChI is InChI=1S/C18H22N2O2/c1-20(11-14-3-2-4-16(14)21)17(22)13-5-7-15(8-6-13)18(12-19)9-10-18/h5-8,14,16,21H,2-4,9-11H2,1H3. The SMILES string of the molecule is CN(CC1CCCC1O)C(=O)c1ccc(C2(C#N)CC2)cc1. The zero-order valence-corrected chi connectivity index (χ0v) is 13.0. The topological polar surface area (TPSA) is 64.3 Å². The summed E-state index contributed by atoms with van der Waals surface area (Å²) in [5.41, 5.74) is 1.36. The lowest BCUT2D eigenvalue weighted by molar-refractivity contribution is 0.0693. The van der Waals surface area contributed by atoms with Crippen LogP contribution in [0, 0.1) is 17.2 Å². The summed E-state index contributed by atoms with van der Waals surface area (Å²) in [5, 5.41) is 19.1. The first-order valence-electron chi connectivity index (χ1n) is 8.01. The Balaban J connectivity index is 1.66. The summed E-state index contributed by atoms with van der Waals surface area (Å²) in [5.74, 6) is 0.175. The van der Waals surface area contributed by atoms with Crippen LogP contribution in [0.3, 0.4) is 0 Å². The quantitative estimate of drug-likeness (QED) is 0.928. The molecule has 0 heterocycles. The second-order valence-corrected chi connectivity index (χ2v) is 6.72. The lowest BCUT2D eigenvalue weighted by atomic mass is 9.96. The van der Waals surface area contributed by atoms with E-state index in [0.29, 0.717) is 12.1 Å². The molecule has 1 N–H and O–H groups in total. The van der Waals surface area contributed by atoms with Crippen LogP contribution < -0.4 is 0 Å². The normalized spacial score (nSPS) is 25.5. The maximum atomic E-state index is 12.5. The fourth-order valence-corrected chi connectivity index (χ4v) is 3.41. The summed E-state index contributed by atoms with van der Waals surface area (Å²) in [7, 11) is 1.79. The summed E-state index contributed by atoms with van der Waals surface area (Å²) < 4.78 is 0. The average molecular weight is 298 g/mol. The molecular formula is C18H22N2O2. The number of aliphatic hydroxyl groups is 1. The van der Waals surface area contributed by atoms with Crippen molar-refractivity contribution in [3.05, 3.63) is 35.4 Å². The number of rotatable bonds is 4. The molecule has 0 radical (unpaired) electrons. The van der Waals surface area contributed by atoms with Crippen LogP contribution in [0.15, 0.2) is 24.3 Å². The van der Waals surface area contributed by atoms with E-state index in [1.54, 1.807) is 11.9 Å². The lowest BCUT2D eigenvalue weighted by Gasteiger charge is -2.23. The van der Waals surface area contributed by atoms with E-state index in [4.69, 9.17) is 0 Å². The smallest absolute Gasteiger partial charge is 0.253 e. The fourth-order valence-electron chi connectivity index (χ4n) is 3.41. The van der Waals surface area contributed by atoms with Crippen molar-refractivity contribution < 1.29 is 9.90 Å². The maximum absolute atomic E-state index is 12.5. The maximum Gasteiger partial charge on any atom is 0.253 e. The highest BCUT2D eigenvalue weighted by molar-refractivity contribution is 5.94. The average Bonchev–Trinajstić information content (AvgIpc) is 3.25. The second kappa shape index (κ2) is 5.73. The fraction of sp³-hybridized carbons (Fsp3) is 0.556. The largest absolute Gasteiger partial charge is 0.393 e. The molecule has 2 unspecified atom stereocenters. The Kier molecular flexibility index (Phi) is 3.92. The molecule has 2 atom stereocenters. The first-order chi connectivity index (χ1) is 10.6. The number of carbonyl (C=O) groups excluding carboxylic acids is 1. The van der Waals surface area contributed by atoms with Crippen LogP contribution in [0.2, 0.25) is 0 Å². The summed E-state index contributed by atoms with van der Waals surface area (Å²) >= 11 is 0. The van der Waals surface area contributed by atoms with Crippen LogP contribution in [0.5, 0.6) is 0 Å². The molecule has 1 aromatic carbocycles. The van der Waals surface area contributed by atoms with Crippen molar-refractivity contribution in [2.45, 2.75) is 43.6 Å². The molecule has 2 fully saturated rings. The molecule has 3 rings (SSSR count). The Labute approximate surface area is 131 Å². The van der Waals surface area contributed by atoms with Gasteiger partial charge in [0.1, 0.15) is 0 Å². The summed E-state index contributed by atoms with van der Waals surface area (Å²) in [6, 6.07) is 9.81. The van der Waals surface area contributed by atoms with E-state index in [1.165, 1.54) is 0 Å². The zero-order chi connectivity index (χ0) is 15.7. The predicted molar refractivity (Wildman–Crippen MR) is 83.3 cm³/mol. The molecule has 0 saturated heterocycles. The molecule has 2 aliphatic rings. The van der Waals surface area contributed by atoms with Gasteiger partial charge in [0.25, 0.3) is 5.91 Å². The molecule has 116 valence electrons. The van der Waals surface area contributed by atoms with E-state index in [2.05, 4.69) is 6.07 Å². The monoisotopic (exact) mass is 298 g/mol. The van der Waals surface area contributed by atoms with E-state index < -0.39 is 0 Å². The second-order valence-electron chi connectivity index (χ2n) is 6.72. The van der Waals surface area contributed by atoms with Gasteiger partial charge < -0.3 is 10.0 Å². The summed E-state index contributed by atoms with van der Waals surface area (Å²) in [4.78, 5) is 14.2. The Morgan fingerprint density at radius 3 is 2.55 bits per heavy atom. The molecule has 1 aromatic rings. The highest BCUT2D eigenvalue weighted by Crippen LogP contribution is 2.47. The third kappa shape index (κ3) is 2.74. The number of carbonyl (C=O) groups is 1. The number of nitriles is 1. The van der Waals surface area contributed by atoms with Gasteiger partial charge in [0.05, 0.1) is 17.6 Å². The van der Waals surface area contributed by atoms with Crippen molar-refractivity contribution in [3.63, 3.8) is 0 Å². The van der Waals surface area contributed by atoms with Gasteiger partial charge in [-0.05, 0) is 43.4 Å². The van der Waals surface area contributed by atoms with Gasteiger partial charge in [0, 0.05) is 25.1 Å². The molecule has 1 amide bonds. The molecule has 0 bridgehead atoms. The van der Waals surface area contributed by atoms with Gasteiger partial charge in [-0.1, -0.05) is 18.6 Å². The van der Waals surface area contributed by atoms with Crippen LogP contribution in [0.25, 0.3) is 0 Å². The van der Waals surface area contributed by atoms with Crippen LogP contribution >= 0.6 is 0 Å².